The van der Waals surface area contributed by atoms with Gasteiger partial charge in [0.2, 0.25) is 11.8 Å². The zero-order valence-electron chi connectivity index (χ0n) is 17.0. The van der Waals surface area contributed by atoms with E-state index >= 15 is 0 Å². The van der Waals surface area contributed by atoms with Crippen LogP contribution in [0, 0.1) is 0 Å². The molecule has 0 saturated heterocycles. The van der Waals surface area contributed by atoms with E-state index in [1.807, 2.05) is 0 Å². The van der Waals surface area contributed by atoms with E-state index in [4.69, 9.17) is 4.74 Å². The highest BCUT2D eigenvalue weighted by molar-refractivity contribution is 7.14. The Kier molecular flexibility index (Phi) is 5.23. The number of nitrogens with zero attached hydrogens (tertiary/aromatic N) is 1. The molecule has 0 aliphatic carbocycles. The molecule has 33 heavy (non-hydrogen) atoms. The number of nitrogens with one attached hydrogen (secondary N) is 4. The van der Waals surface area contributed by atoms with Gasteiger partial charge in [-0.15, -0.1) is 11.3 Å². The Hall–Kier alpha value is -4.25. The number of fused-ring (bicyclic) bond motifs is 2. The molecule has 1 atom stereocenters. The maximum atomic E-state index is 12.6. The summed E-state index contributed by atoms with van der Waals surface area (Å²) in [5.74, 6) is -1.02. The van der Waals surface area contributed by atoms with E-state index in [0.29, 0.717) is 33.5 Å². The molecule has 5 rings (SSSR count). The summed E-state index contributed by atoms with van der Waals surface area (Å²) in [4.78, 5) is 53.4. The van der Waals surface area contributed by atoms with Gasteiger partial charge in [0, 0.05) is 10.9 Å². The van der Waals surface area contributed by atoms with Crippen LogP contribution in [-0.2, 0) is 14.4 Å². The largest absolute Gasteiger partial charge is 0.482 e. The number of aromatic nitrogens is 1. The van der Waals surface area contributed by atoms with Gasteiger partial charge < -0.3 is 26.0 Å². The first-order valence-electron chi connectivity index (χ1n) is 9.99. The Morgan fingerprint density at radius 3 is 2.85 bits per heavy atom. The molecule has 0 radical (unpaired) electrons. The van der Waals surface area contributed by atoms with Crippen LogP contribution < -0.4 is 26.0 Å². The van der Waals surface area contributed by atoms with Gasteiger partial charge in [0.15, 0.2) is 11.7 Å². The molecule has 166 valence electrons. The first kappa shape index (κ1) is 20.6. The van der Waals surface area contributed by atoms with Gasteiger partial charge >= 0.3 is 0 Å². The topological polar surface area (TPSA) is 139 Å². The van der Waals surface area contributed by atoms with Crippen LogP contribution in [0.4, 0.5) is 16.5 Å². The first-order valence-corrected chi connectivity index (χ1v) is 10.9. The molecule has 0 bridgehead atoms. The fourth-order valence-corrected chi connectivity index (χ4v) is 4.25. The molecule has 4 N–H and O–H groups in total. The number of amides is 4. The van der Waals surface area contributed by atoms with Crippen LogP contribution >= 0.6 is 11.3 Å². The maximum absolute atomic E-state index is 12.6. The van der Waals surface area contributed by atoms with Crippen molar-refractivity contribution in [1.29, 1.82) is 0 Å². The third-order valence-electron chi connectivity index (χ3n) is 5.10. The number of hydrogen-bond acceptors (Lipinski definition) is 7. The van der Waals surface area contributed by atoms with Gasteiger partial charge in [-0.25, -0.2) is 4.98 Å². The molecular weight excluding hydrogens is 446 g/mol. The van der Waals surface area contributed by atoms with E-state index in [1.54, 1.807) is 47.8 Å². The molecule has 1 aromatic heterocycles. The predicted octanol–water partition coefficient (Wildman–Crippen LogP) is 2.22. The number of anilines is 3. The van der Waals surface area contributed by atoms with E-state index < -0.39 is 23.8 Å². The van der Waals surface area contributed by atoms with Crippen LogP contribution in [0.1, 0.15) is 16.8 Å². The fourth-order valence-electron chi connectivity index (χ4n) is 3.52. The van der Waals surface area contributed by atoms with Gasteiger partial charge in [0.05, 0.1) is 29.1 Å². The van der Waals surface area contributed by atoms with Gasteiger partial charge in [0.25, 0.3) is 11.8 Å². The zero-order valence-corrected chi connectivity index (χ0v) is 17.8. The van der Waals surface area contributed by atoms with Crippen molar-refractivity contribution in [1.82, 2.24) is 10.3 Å². The van der Waals surface area contributed by atoms with Crippen molar-refractivity contribution in [3.8, 4) is 17.0 Å². The van der Waals surface area contributed by atoms with Gasteiger partial charge in [0.1, 0.15) is 11.8 Å². The highest BCUT2D eigenvalue weighted by Gasteiger charge is 2.29. The average Bonchev–Trinajstić information content (AvgIpc) is 3.22. The summed E-state index contributed by atoms with van der Waals surface area (Å²) in [5, 5.41) is 12.8. The van der Waals surface area contributed by atoms with E-state index in [2.05, 4.69) is 26.3 Å². The molecule has 4 amide bonds. The summed E-state index contributed by atoms with van der Waals surface area (Å²) in [7, 11) is 0. The number of thiazole rings is 1. The molecular formula is C22H17N5O5S. The van der Waals surface area contributed by atoms with Crippen molar-refractivity contribution in [2.45, 2.75) is 12.5 Å². The number of rotatable bonds is 4. The average molecular weight is 463 g/mol. The minimum absolute atomic E-state index is 0.0230. The lowest BCUT2D eigenvalue weighted by atomic mass is 10.1. The number of carbonyl (C=O) groups excluding carboxylic acids is 4. The SMILES string of the molecule is O=C(C[C@H]1NC(=O)c2ccccc2NC1=O)Nc1nc(-c2ccc3c(c2)NC(=O)CO3)cs1. The van der Waals surface area contributed by atoms with Crippen molar-refractivity contribution in [2.75, 3.05) is 22.6 Å². The van der Waals surface area contributed by atoms with Gasteiger partial charge in [-0.2, -0.15) is 0 Å². The van der Waals surface area contributed by atoms with E-state index in [-0.39, 0.29) is 18.9 Å². The van der Waals surface area contributed by atoms with Crippen molar-refractivity contribution >= 4 is 51.5 Å². The molecule has 2 aliphatic heterocycles. The summed E-state index contributed by atoms with van der Waals surface area (Å²) in [5.41, 5.74) is 2.64. The lowest BCUT2D eigenvalue weighted by Crippen LogP contribution is -2.43. The number of hydrogen-bond donors (Lipinski definition) is 4. The Morgan fingerprint density at radius 2 is 1.97 bits per heavy atom. The van der Waals surface area contributed by atoms with Crippen molar-refractivity contribution in [3.05, 3.63) is 53.4 Å². The Labute approximate surface area is 191 Å². The van der Waals surface area contributed by atoms with E-state index in [0.717, 1.165) is 5.56 Å². The van der Waals surface area contributed by atoms with Crippen LogP contribution in [0.2, 0.25) is 0 Å². The first-order chi connectivity index (χ1) is 16.0. The lowest BCUT2D eigenvalue weighted by molar-refractivity contribution is -0.122. The molecule has 0 fully saturated rings. The normalized spacial score (nSPS) is 16.8. The number of ether oxygens (including phenoxy) is 1. The second kappa shape index (κ2) is 8.36. The molecule has 10 nitrogen and oxygen atoms in total. The molecule has 3 heterocycles. The Balaban J connectivity index is 1.25. The highest BCUT2D eigenvalue weighted by Crippen LogP contribution is 2.33. The molecule has 2 aromatic carbocycles. The van der Waals surface area contributed by atoms with Crippen LogP contribution in [0.25, 0.3) is 11.3 Å². The van der Waals surface area contributed by atoms with Crippen LogP contribution in [0.3, 0.4) is 0 Å². The van der Waals surface area contributed by atoms with Crippen molar-refractivity contribution < 1.29 is 23.9 Å². The predicted molar refractivity (Wildman–Crippen MR) is 121 cm³/mol. The second-order valence-electron chi connectivity index (χ2n) is 7.40. The summed E-state index contributed by atoms with van der Waals surface area (Å²) in [6.07, 6.45) is -0.247. The van der Waals surface area contributed by atoms with Crippen molar-refractivity contribution in [3.63, 3.8) is 0 Å². The van der Waals surface area contributed by atoms with Crippen LogP contribution in [0.15, 0.2) is 47.8 Å². The Bertz CT molecular complexity index is 1300. The fraction of sp³-hybridized carbons (Fsp3) is 0.136. The monoisotopic (exact) mass is 463 g/mol. The smallest absolute Gasteiger partial charge is 0.262 e. The highest BCUT2D eigenvalue weighted by atomic mass is 32.1. The number of para-hydroxylation sites is 1. The molecule has 2 aliphatic rings. The summed E-state index contributed by atoms with van der Waals surface area (Å²) in [6.45, 7) is -0.0230. The molecule has 3 aromatic rings. The summed E-state index contributed by atoms with van der Waals surface area (Å²) in [6, 6.07) is 10.9. The molecule has 11 heteroatoms. The van der Waals surface area contributed by atoms with Crippen LogP contribution in [-0.4, -0.2) is 41.3 Å². The second-order valence-corrected chi connectivity index (χ2v) is 8.26. The van der Waals surface area contributed by atoms with Gasteiger partial charge in [-0.1, -0.05) is 12.1 Å². The molecule has 0 spiro atoms. The van der Waals surface area contributed by atoms with Gasteiger partial charge in [-0.05, 0) is 30.3 Å². The van der Waals surface area contributed by atoms with Crippen LogP contribution in [0.5, 0.6) is 5.75 Å². The van der Waals surface area contributed by atoms with Crippen molar-refractivity contribution in [2.24, 2.45) is 0 Å². The zero-order chi connectivity index (χ0) is 22.9. The third-order valence-corrected chi connectivity index (χ3v) is 5.86. The molecule has 0 unspecified atom stereocenters. The number of carbonyl (C=O) groups is 4. The quantitative estimate of drug-likeness (QED) is 0.468. The minimum atomic E-state index is -1.02. The maximum Gasteiger partial charge on any atom is 0.262 e. The van der Waals surface area contributed by atoms with Gasteiger partial charge in [-0.3, -0.25) is 19.2 Å². The number of benzene rings is 2. The minimum Gasteiger partial charge on any atom is -0.482 e. The Morgan fingerprint density at radius 1 is 1.12 bits per heavy atom. The van der Waals surface area contributed by atoms with E-state index in [1.165, 1.54) is 11.3 Å². The standard InChI is InChI=1S/C22H17N5O5S/c28-18(8-15-21(31)24-13-4-2-1-3-12(13)20(30)25-15)27-22-26-16(10-33-22)11-5-6-17-14(7-11)23-19(29)9-32-17/h1-7,10,15H,8-9H2,(H,23,29)(H,24,31)(H,25,30)(H,26,27,28)/t15-/m1/s1. The third kappa shape index (κ3) is 4.26. The summed E-state index contributed by atoms with van der Waals surface area (Å²) >= 11 is 1.22. The molecule has 0 saturated carbocycles. The lowest BCUT2D eigenvalue weighted by Gasteiger charge is -2.18. The summed E-state index contributed by atoms with van der Waals surface area (Å²) < 4.78 is 5.35. The van der Waals surface area contributed by atoms with E-state index in [9.17, 15) is 19.2 Å².